The molecule has 8 heteroatoms. The molecule has 1 aromatic carbocycles. The Morgan fingerprint density at radius 3 is 2.50 bits per heavy atom. The molecule has 0 unspecified atom stereocenters. The number of methoxy groups -OCH3 is 1. The number of carbonyl (C=O) groups is 2. The highest BCUT2D eigenvalue weighted by Crippen LogP contribution is 2.26. The monoisotopic (exact) mass is 413 g/mol. The van der Waals surface area contributed by atoms with Crippen molar-refractivity contribution in [3.8, 4) is 0 Å². The largest absolute Gasteiger partial charge is 0.368 e. The van der Waals surface area contributed by atoms with E-state index in [2.05, 4.69) is 5.32 Å². The molecular weight excluding hydrogens is 385 g/mol. The van der Waals surface area contributed by atoms with Crippen LogP contribution >= 0.6 is 12.4 Å². The fraction of sp³-hybridized carbons (Fsp3) is 0.600. The summed E-state index contributed by atoms with van der Waals surface area (Å²) in [7, 11) is 1.61. The van der Waals surface area contributed by atoms with Crippen molar-refractivity contribution in [2.75, 3.05) is 46.4 Å². The summed E-state index contributed by atoms with van der Waals surface area (Å²) < 4.78 is 19.0. The van der Waals surface area contributed by atoms with Crippen LogP contribution in [0.2, 0.25) is 0 Å². The van der Waals surface area contributed by atoms with Crippen LogP contribution in [0.25, 0.3) is 0 Å². The van der Waals surface area contributed by atoms with Gasteiger partial charge in [0.1, 0.15) is 11.4 Å². The number of amides is 2. The third-order valence-corrected chi connectivity index (χ3v) is 5.57. The van der Waals surface area contributed by atoms with Crippen LogP contribution < -0.4 is 5.32 Å². The van der Waals surface area contributed by atoms with Crippen LogP contribution in [0.3, 0.4) is 0 Å². The Morgan fingerprint density at radius 1 is 1.14 bits per heavy atom. The van der Waals surface area contributed by atoms with Crippen LogP contribution in [0.5, 0.6) is 0 Å². The summed E-state index contributed by atoms with van der Waals surface area (Å²) in [5.74, 6) is -0.330. The lowest BCUT2D eigenvalue weighted by molar-refractivity contribution is -0.158. The van der Waals surface area contributed by atoms with Crippen molar-refractivity contribution in [3.05, 3.63) is 35.6 Å². The van der Waals surface area contributed by atoms with Crippen LogP contribution in [-0.4, -0.2) is 73.6 Å². The van der Waals surface area contributed by atoms with E-state index in [1.165, 1.54) is 12.1 Å². The van der Waals surface area contributed by atoms with E-state index in [1.807, 2.05) is 4.90 Å². The highest BCUT2D eigenvalue weighted by Gasteiger charge is 2.42. The number of ether oxygens (including phenoxy) is 1. The molecule has 3 rings (SSSR count). The van der Waals surface area contributed by atoms with Gasteiger partial charge in [0, 0.05) is 33.3 Å². The lowest BCUT2D eigenvalue weighted by Crippen LogP contribution is -2.56. The molecule has 2 aliphatic heterocycles. The second-order valence-corrected chi connectivity index (χ2v) is 7.28. The fourth-order valence-corrected chi connectivity index (χ4v) is 3.93. The summed E-state index contributed by atoms with van der Waals surface area (Å²) in [6, 6.07) is 6.14. The molecule has 6 nitrogen and oxygen atoms in total. The molecule has 0 atom stereocenters. The zero-order chi connectivity index (χ0) is 19.3. The maximum Gasteiger partial charge on any atom is 0.254 e. The molecule has 0 radical (unpaired) electrons. The van der Waals surface area contributed by atoms with E-state index in [-0.39, 0.29) is 36.5 Å². The van der Waals surface area contributed by atoms with E-state index in [0.717, 1.165) is 19.5 Å². The molecule has 2 saturated heterocycles. The Balaban J connectivity index is 0.00000280. The van der Waals surface area contributed by atoms with Crippen LogP contribution in [0.4, 0.5) is 4.39 Å². The summed E-state index contributed by atoms with van der Waals surface area (Å²) in [4.78, 5) is 29.3. The Morgan fingerprint density at radius 2 is 1.82 bits per heavy atom. The molecule has 0 saturated carbocycles. The molecule has 28 heavy (non-hydrogen) atoms. The van der Waals surface area contributed by atoms with Gasteiger partial charge in [-0.1, -0.05) is 12.1 Å². The molecule has 2 fully saturated rings. The molecule has 2 heterocycles. The number of halogens is 2. The molecule has 156 valence electrons. The first-order valence-electron chi connectivity index (χ1n) is 9.61. The Hall–Kier alpha value is -1.70. The van der Waals surface area contributed by atoms with Crippen molar-refractivity contribution >= 4 is 24.2 Å². The third-order valence-electron chi connectivity index (χ3n) is 5.57. The highest BCUT2D eigenvalue weighted by molar-refractivity contribution is 5.86. The minimum absolute atomic E-state index is 0. The van der Waals surface area contributed by atoms with Gasteiger partial charge in [-0.2, -0.15) is 0 Å². The normalized spacial score (nSPS) is 19.5. The van der Waals surface area contributed by atoms with E-state index in [0.29, 0.717) is 44.6 Å². The van der Waals surface area contributed by atoms with Gasteiger partial charge in [-0.3, -0.25) is 9.59 Å². The second-order valence-electron chi connectivity index (χ2n) is 7.28. The highest BCUT2D eigenvalue weighted by atomic mass is 35.5. The second kappa shape index (κ2) is 10.2. The first-order chi connectivity index (χ1) is 13.0. The van der Waals surface area contributed by atoms with Crippen molar-refractivity contribution in [1.29, 1.82) is 0 Å². The minimum atomic E-state index is -0.744. The van der Waals surface area contributed by atoms with Gasteiger partial charge in [-0.05, 0) is 50.0 Å². The standard InChI is InChI=1S/C20H28FN3O3.ClH/c1-27-20(6-8-22-9-7-20)19(26)24-11-3-10-23(12-13-24)18(25)15-16-4-2-5-17(21)14-16;/h2,4-5,14,22H,3,6-13,15H2,1H3;1H. The van der Waals surface area contributed by atoms with Crippen LogP contribution in [0, 0.1) is 5.82 Å². The van der Waals surface area contributed by atoms with Crippen molar-refractivity contribution in [2.24, 2.45) is 0 Å². The molecular formula is C20H29ClFN3O3. The fourth-order valence-electron chi connectivity index (χ4n) is 3.93. The van der Waals surface area contributed by atoms with Gasteiger partial charge in [0.2, 0.25) is 5.91 Å². The maximum absolute atomic E-state index is 13.3. The summed E-state index contributed by atoms with van der Waals surface area (Å²) in [6.07, 6.45) is 2.25. The average Bonchev–Trinajstić information content (AvgIpc) is 2.94. The quantitative estimate of drug-likeness (QED) is 0.814. The van der Waals surface area contributed by atoms with E-state index in [9.17, 15) is 14.0 Å². The molecule has 0 aliphatic carbocycles. The number of nitrogens with one attached hydrogen (secondary N) is 1. The molecule has 2 amide bonds. The van der Waals surface area contributed by atoms with Crippen LogP contribution in [0.15, 0.2) is 24.3 Å². The zero-order valence-corrected chi connectivity index (χ0v) is 17.1. The number of nitrogens with zero attached hydrogens (tertiary/aromatic N) is 2. The topological polar surface area (TPSA) is 61.9 Å². The van der Waals surface area contributed by atoms with Gasteiger partial charge in [-0.25, -0.2) is 4.39 Å². The van der Waals surface area contributed by atoms with E-state index in [1.54, 1.807) is 24.1 Å². The summed E-state index contributed by atoms with van der Waals surface area (Å²) in [5, 5.41) is 3.26. The molecule has 0 aromatic heterocycles. The molecule has 2 aliphatic rings. The predicted molar refractivity (Wildman–Crippen MR) is 107 cm³/mol. The first-order valence-corrected chi connectivity index (χ1v) is 9.61. The van der Waals surface area contributed by atoms with Crippen molar-refractivity contribution < 1.29 is 18.7 Å². The maximum atomic E-state index is 13.3. The zero-order valence-electron chi connectivity index (χ0n) is 16.3. The lowest BCUT2D eigenvalue weighted by atomic mass is 9.90. The molecule has 1 N–H and O–H groups in total. The Bertz CT molecular complexity index is 682. The average molecular weight is 414 g/mol. The van der Waals surface area contributed by atoms with Gasteiger partial charge in [-0.15, -0.1) is 12.4 Å². The van der Waals surface area contributed by atoms with Gasteiger partial charge in [0.15, 0.2) is 0 Å². The molecule has 0 bridgehead atoms. The van der Waals surface area contributed by atoms with Gasteiger partial charge in [0.05, 0.1) is 6.42 Å². The Kier molecular flexibility index (Phi) is 8.22. The number of rotatable bonds is 4. The number of benzene rings is 1. The molecule has 0 spiro atoms. The summed E-state index contributed by atoms with van der Waals surface area (Å²) in [6.45, 7) is 3.78. The lowest BCUT2D eigenvalue weighted by Gasteiger charge is -2.38. The summed E-state index contributed by atoms with van der Waals surface area (Å²) >= 11 is 0. The van der Waals surface area contributed by atoms with Crippen molar-refractivity contribution in [2.45, 2.75) is 31.3 Å². The van der Waals surface area contributed by atoms with Crippen molar-refractivity contribution in [1.82, 2.24) is 15.1 Å². The first kappa shape index (κ1) is 22.6. The summed E-state index contributed by atoms with van der Waals surface area (Å²) in [5.41, 5.74) is -0.0726. The van der Waals surface area contributed by atoms with E-state index >= 15 is 0 Å². The van der Waals surface area contributed by atoms with Gasteiger partial charge < -0.3 is 19.9 Å². The van der Waals surface area contributed by atoms with Crippen LogP contribution in [-0.2, 0) is 20.7 Å². The van der Waals surface area contributed by atoms with E-state index < -0.39 is 5.60 Å². The number of hydrogen-bond acceptors (Lipinski definition) is 4. The SMILES string of the molecule is COC1(C(=O)N2CCCN(C(=O)Cc3cccc(F)c3)CC2)CCNCC1.Cl. The number of piperidine rings is 1. The molecule has 1 aromatic rings. The van der Waals surface area contributed by atoms with Gasteiger partial charge in [0.25, 0.3) is 5.91 Å². The number of carbonyl (C=O) groups excluding carboxylic acids is 2. The van der Waals surface area contributed by atoms with Crippen molar-refractivity contribution in [3.63, 3.8) is 0 Å². The van der Waals surface area contributed by atoms with E-state index in [4.69, 9.17) is 4.74 Å². The predicted octanol–water partition coefficient (Wildman–Crippen LogP) is 1.62. The third kappa shape index (κ3) is 5.21. The smallest absolute Gasteiger partial charge is 0.254 e. The Labute approximate surface area is 171 Å². The number of hydrogen-bond donors (Lipinski definition) is 1. The van der Waals surface area contributed by atoms with Gasteiger partial charge >= 0.3 is 0 Å². The van der Waals surface area contributed by atoms with Crippen LogP contribution in [0.1, 0.15) is 24.8 Å². The minimum Gasteiger partial charge on any atom is -0.368 e.